The minimum absolute atomic E-state index is 0.0388. The number of hydrogen-bond acceptors (Lipinski definition) is 5. The Hall–Kier alpha value is -2.71. The van der Waals surface area contributed by atoms with Gasteiger partial charge in [-0.3, -0.25) is 4.79 Å². The van der Waals surface area contributed by atoms with Crippen molar-refractivity contribution in [2.45, 2.75) is 24.8 Å². The van der Waals surface area contributed by atoms with E-state index in [9.17, 15) is 18.0 Å². The van der Waals surface area contributed by atoms with E-state index in [1.54, 1.807) is 12.1 Å². The molecule has 1 amide bonds. The second-order valence-electron chi connectivity index (χ2n) is 5.59. The number of esters is 1. The maximum atomic E-state index is 12.2. The number of amides is 1. The molecular weight excluding hydrogens is 356 g/mol. The Morgan fingerprint density at radius 1 is 1.08 bits per heavy atom. The van der Waals surface area contributed by atoms with Gasteiger partial charge < -0.3 is 10.1 Å². The number of rotatable bonds is 6. The molecule has 2 N–H and O–H groups in total. The van der Waals surface area contributed by atoms with Gasteiger partial charge in [-0.2, -0.15) is 0 Å². The lowest BCUT2D eigenvalue weighted by molar-refractivity contribution is -0.123. The van der Waals surface area contributed by atoms with E-state index >= 15 is 0 Å². The van der Waals surface area contributed by atoms with E-state index in [0.717, 1.165) is 5.56 Å². The maximum absolute atomic E-state index is 12.2. The van der Waals surface area contributed by atoms with Gasteiger partial charge in [0.2, 0.25) is 10.0 Å². The Morgan fingerprint density at radius 3 is 2.42 bits per heavy atom. The molecule has 0 fully saturated rings. The largest absolute Gasteiger partial charge is 0.449 e. The zero-order valence-corrected chi connectivity index (χ0v) is 15.5. The van der Waals surface area contributed by atoms with Gasteiger partial charge in [0.15, 0.2) is 6.10 Å². The zero-order chi connectivity index (χ0) is 19.3. The average Bonchev–Trinajstić information content (AvgIpc) is 2.63. The second-order valence-corrected chi connectivity index (χ2v) is 7.47. The average molecular weight is 376 g/mol. The Labute approximate surface area is 152 Å². The summed E-state index contributed by atoms with van der Waals surface area (Å²) in [5.74, 6) is -1.27. The van der Waals surface area contributed by atoms with Crippen molar-refractivity contribution in [1.82, 2.24) is 4.72 Å². The molecule has 2 aromatic rings. The highest BCUT2D eigenvalue weighted by atomic mass is 32.2. The van der Waals surface area contributed by atoms with Crippen molar-refractivity contribution in [2.24, 2.45) is 0 Å². The summed E-state index contributed by atoms with van der Waals surface area (Å²) in [7, 11) is -2.41. The minimum Gasteiger partial charge on any atom is -0.449 e. The third-order valence-corrected chi connectivity index (χ3v) is 5.12. The molecule has 138 valence electrons. The molecule has 0 heterocycles. The predicted octanol–water partition coefficient (Wildman–Crippen LogP) is 2.09. The zero-order valence-electron chi connectivity index (χ0n) is 14.6. The van der Waals surface area contributed by atoms with Gasteiger partial charge in [0.25, 0.3) is 5.91 Å². The first-order chi connectivity index (χ1) is 12.2. The molecule has 0 aliphatic carbocycles. The molecule has 0 saturated carbocycles. The third kappa shape index (κ3) is 4.68. The van der Waals surface area contributed by atoms with Crippen LogP contribution in [0.2, 0.25) is 0 Å². The first kappa shape index (κ1) is 19.6. The number of nitrogens with one attached hydrogen (secondary N) is 2. The fourth-order valence-electron chi connectivity index (χ4n) is 2.14. The summed E-state index contributed by atoms with van der Waals surface area (Å²) in [5.41, 5.74) is 1.55. The number of sulfonamides is 1. The smallest absolute Gasteiger partial charge is 0.338 e. The van der Waals surface area contributed by atoms with Crippen molar-refractivity contribution < 1.29 is 22.7 Å². The standard InChI is InChI=1S/C18H20N2O5S/c1-12-7-4-5-10-16(12)20-17(21)13(2)25-18(22)14-8-6-9-15(11-14)26(23,24)19-3/h4-11,13,19H,1-3H3,(H,20,21)/t13-/m0/s1. The van der Waals surface area contributed by atoms with Gasteiger partial charge in [0.1, 0.15) is 0 Å². The lowest BCUT2D eigenvalue weighted by Crippen LogP contribution is -2.30. The Balaban J connectivity index is 2.08. The Bertz CT molecular complexity index is 925. The van der Waals surface area contributed by atoms with Crippen LogP contribution in [-0.2, 0) is 19.6 Å². The van der Waals surface area contributed by atoms with E-state index in [2.05, 4.69) is 10.0 Å². The van der Waals surface area contributed by atoms with Crippen LogP contribution in [0.15, 0.2) is 53.4 Å². The van der Waals surface area contributed by atoms with Crippen LogP contribution in [0.5, 0.6) is 0 Å². The number of para-hydroxylation sites is 1. The van der Waals surface area contributed by atoms with Crippen LogP contribution in [-0.4, -0.2) is 33.4 Å². The van der Waals surface area contributed by atoms with Crippen molar-refractivity contribution in [1.29, 1.82) is 0 Å². The van der Waals surface area contributed by atoms with Gasteiger partial charge >= 0.3 is 5.97 Å². The van der Waals surface area contributed by atoms with Crippen LogP contribution in [0.3, 0.4) is 0 Å². The van der Waals surface area contributed by atoms with Crippen LogP contribution < -0.4 is 10.0 Å². The lowest BCUT2D eigenvalue weighted by atomic mass is 10.2. The van der Waals surface area contributed by atoms with Crippen molar-refractivity contribution in [3.8, 4) is 0 Å². The number of anilines is 1. The van der Waals surface area contributed by atoms with Gasteiger partial charge in [-0.25, -0.2) is 17.9 Å². The third-order valence-electron chi connectivity index (χ3n) is 3.70. The number of ether oxygens (including phenoxy) is 1. The molecule has 0 aromatic heterocycles. The molecular formula is C18H20N2O5S. The summed E-state index contributed by atoms with van der Waals surface area (Å²) in [6, 6.07) is 12.6. The molecule has 2 aromatic carbocycles. The molecule has 0 bridgehead atoms. The van der Waals surface area contributed by atoms with Gasteiger partial charge in [0.05, 0.1) is 10.5 Å². The van der Waals surface area contributed by atoms with Crippen LogP contribution in [0.4, 0.5) is 5.69 Å². The fraction of sp³-hybridized carbons (Fsp3) is 0.222. The monoisotopic (exact) mass is 376 g/mol. The molecule has 0 spiro atoms. The van der Waals surface area contributed by atoms with Gasteiger partial charge in [0, 0.05) is 5.69 Å². The van der Waals surface area contributed by atoms with Crippen LogP contribution in [0, 0.1) is 6.92 Å². The molecule has 8 heteroatoms. The Morgan fingerprint density at radius 2 is 1.77 bits per heavy atom. The summed E-state index contributed by atoms with van der Waals surface area (Å²) in [4.78, 5) is 24.4. The van der Waals surface area contributed by atoms with Crippen molar-refractivity contribution in [3.63, 3.8) is 0 Å². The molecule has 0 saturated heterocycles. The molecule has 7 nitrogen and oxygen atoms in total. The number of carbonyl (C=O) groups is 2. The molecule has 26 heavy (non-hydrogen) atoms. The van der Waals surface area contributed by atoms with Crippen LogP contribution in [0.25, 0.3) is 0 Å². The van der Waals surface area contributed by atoms with E-state index in [1.807, 2.05) is 19.1 Å². The Kier molecular flexibility index (Phi) is 6.12. The summed E-state index contributed by atoms with van der Waals surface area (Å²) < 4.78 is 30.9. The number of carbonyl (C=O) groups excluding carboxylic acids is 2. The summed E-state index contributed by atoms with van der Waals surface area (Å²) in [5, 5.41) is 2.69. The topological polar surface area (TPSA) is 102 Å². The normalized spacial score (nSPS) is 12.3. The molecule has 1 atom stereocenters. The highest BCUT2D eigenvalue weighted by molar-refractivity contribution is 7.89. The van der Waals surface area contributed by atoms with Crippen molar-refractivity contribution in [3.05, 3.63) is 59.7 Å². The number of hydrogen-bond donors (Lipinski definition) is 2. The molecule has 0 aliphatic heterocycles. The number of benzene rings is 2. The fourth-order valence-corrected chi connectivity index (χ4v) is 2.91. The predicted molar refractivity (Wildman–Crippen MR) is 97.4 cm³/mol. The SMILES string of the molecule is CNS(=O)(=O)c1cccc(C(=O)O[C@@H](C)C(=O)Nc2ccccc2C)c1. The van der Waals surface area contributed by atoms with E-state index in [-0.39, 0.29) is 10.5 Å². The summed E-state index contributed by atoms with van der Waals surface area (Å²) in [6.07, 6.45) is -1.05. The maximum Gasteiger partial charge on any atom is 0.338 e. The van der Waals surface area contributed by atoms with E-state index < -0.39 is 28.0 Å². The quantitative estimate of drug-likeness (QED) is 0.752. The van der Waals surface area contributed by atoms with Gasteiger partial charge in [-0.15, -0.1) is 0 Å². The summed E-state index contributed by atoms with van der Waals surface area (Å²) in [6.45, 7) is 3.29. The first-order valence-electron chi connectivity index (χ1n) is 7.85. The highest BCUT2D eigenvalue weighted by Gasteiger charge is 2.21. The van der Waals surface area contributed by atoms with Gasteiger partial charge in [-0.1, -0.05) is 24.3 Å². The van der Waals surface area contributed by atoms with Crippen LogP contribution in [0.1, 0.15) is 22.8 Å². The van der Waals surface area contributed by atoms with E-state index in [1.165, 1.54) is 38.2 Å². The van der Waals surface area contributed by atoms with E-state index in [4.69, 9.17) is 4.74 Å². The molecule has 0 aliphatic rings. The van der Waals surface area contributed by atoms with Crippen molar-refractivity contribution in [2.75, 3.05) is 12.4 Å². The molecule has 0 unspecified atom stereocenters. The highest BCUT2D eigenvalue weighted by Crippen LogP contribution is 2.15. The number of aryl methyl sites for hydroxylation is 1. The summed E-state index contributed by atoms with van der Waals surface area (Å²) >= 11 is 0. The first-order valence-corrected chi connectivity index (χ1v) is 9.34. The minimum atomic E-state index is -3.68. The lowest BCUT2D eigenvalue weighted by Gasteiger charge is -2.15. The van der Waals surface area contributed by atoms with Gasteiger partial charge in [-0.05, 0) is 50.7 Å². The van der Waals surface area contributed by atoms with E-state index in [0.29, 0.717) is 5.69 Å². The molecule has 2 rings (SSSR count). The molecule has 0 radical (unpaired) electrons. The van der Waals surface area contributed by atoms with Crippen molar-refractivity contribution >= 4 is 27.6 Å². The van der Waals surface area contributed by atoms with Crippen LogP contribution >= 0.6 is 0 Å². The second kappa shape index (κ2) is 8.11.